The Kier molecular flexibility index (Phi) is 4.27. The van der Waals surface area contributed by atoms with E-state index < -0.39 is 11.8 Å². The summed E-state index contributed by atoms with van der Waals surface area (Å²) in [6.45, 7) is 2.05. The van der Waals surface area contributed by atoms with E-state index in [9.17, 15) is 14.0 Å². The fourth-order valence-electron chi connectivity index (χ4n) is 1.85. The molecule has 0 unspecified atom stereocenters. The van der Waals surface area contributed by atoms with Gasteiger partial charge in [0.05, 0.1) is 0 Å². The molecular weight excluding hydrogens is 279 g/mol. The van der Waals surface area contributed by atoms with Crippen molar-refractivity contribution in [2.45, 2.75) is 13.5 Å². The largest absolute Gasteiger partial charge is 0.476 e. The van der Waals surface area contributed by atoms with Crippen LogP contribution in [-0.2, 0) is 11.3 Å². The zero-order valence-corrected chi connectivity index (χ0v) is 11.2. The van der Waals surface area contributed by atoms with Gasteiger partial charge in [-0.1, -0.05) is 5.21 Å². The molecule has 1 amide bonds. The lowest BCUT2D eigenvalue weighted by atomic mass is 10.1. The fourth-order valence-corrected chi connectivity index (χ4v) is 1.85. The van der Waals surface area contributed by atoms with E-state index in [1.165, 1.54) is 28.9 Å². The SMILES string of the molecule is CCNC(=O)Cn1nnc(C(=O)O)c1-c1ccc(F)cc1. The summed E-state index contributed by atoms with van der Waals surface area (Å²) in [5.74, 6) is -2.03. The molecule has 21 heavy (non-hydrogen) atoms. The Morgan fingerprint density at radius 1 is 1.33 bits per heavy atom. The molecule has 0 fully saturated rings. The summed E-state index contributed by atoms with van der Waals surface area (Å²) >= 11 is 0. The highest BCUT2D eigenvalue weighted by Gasteiger charge is 2.21. The number of carboxylic acid groups (broad SMARTS) is 1. The van der Waals surface area contributed by atoms with Crippen LogP contribution in [0.15, 0.2) is 24.3 Å². The third-order valence-corrected chi connectivity index (χ3v) is 2.72. The molecule has 0 radical (unpaired) electrons. The van der Waals surface area contributed by atoms with Crippen molar-refractivity contribution in [2.24, 2.45) is 0 Å². The topological polar surface area (TPSA) is 97.1 Å². The summed E-state index contributed by atoms with van der Waals surface area (Å²) in [4.78, 5) is 22.8. The van der Waals surface area contributed by atoms with Gasteiger partial charge in [-0.05, 0) is 31.2 Å². The van der Waals surface area contributed by atoms with Gasteiger partial charge in [0.1, 0.15) is 18.1 Å². The number of carbonyl (C=O) groups excluding carboxylic acids is 1. The van der Waals surface area contributed by atoms with Gasteiger partial charge in [0.15, 0.2) is 5.69 Å². The van der Waals surface area contributed by atoms with Crippen molar-refractivity contribution in [3.05, 3.63) is 35.8 Å². The number of carbonyl (C=O) groups is 2. The Morgan fingerprint density at radius 3 is 2.57 bits per heavy atom. The number of hydrogen-bond acceptors (Lipinski definition) is 4. The molecule has 1 aromatic heterocycles. The highest BCUT2D eigenvalue weighted by molar-refractivity contribution is 5.93. The maximum Gasteiger partial charge on any atom is 0.358 e. The lowest BCUT2D eigenvalue weighted by Gasteiger charge is -2.07. The molecule has 110 valence electrons. The number of nitrogens with one attached hydrogen (secondary N) is 1. The van der Waals surface area contributed by atoms with Crippen molar-refractivity contribution in [3.63, 3.8) is 0 Å². The predicted octanol–water partition coefficient (Wildman–Crippen LogP) is 0.918. The molecule has 0 bridgehead atoms. The molecule has 0 aliphatic carbocycles. The van der Waals surface area contributed by atoms with Crippen LogP contribution >= 0.6 is 0 Å². The van der Waals surface area contributed by atoms with Gasteiger partial charge in [-0.25, -0.2) is 13.9 Å². The van der Waals surface area contributed by atoms with Crippen LogP contribution in [0.3, 0.4) is 0 Å². The summed E-state index contributed by atoms with van der Waals surface area (Å²) < 4.78 is 14.2. The number of nitrogens with zero attached hydrogens (tertiary/aromatic N) is 3. The number of benzene rings is 1. The second-order valence-corrected chi connectivity index (χ2v) is 4.21. The van der Waals surface area contributed by atoms with Gasteiger partial charge >= 0.3 is 5.97 Å². The van der Waals surface area contributed by atoms with Crippen LogP contribution in [0, 0.1) is 5.82 Å². The lowest BCUT2D eigenvalue weighted by molar-refractivity contribution is -0.121. The van der Waals surface area contributed by atoms with Crippen molar-refractivity contribution in [1.82, 2.24) is 20.3 Å². The smallest absolute Gasteiger partial charge is 0.358 e. The molecular formula is C13H13FN4O3. The molecule has 1 aromatic carbocycles. The lowest BCUT2D eigenvalue weighted by Crippen LogP contribution is -2.28. The van der Waals surface area contributed by atoms with Crippen LogP contribution in [0.2, 0.25) is 0 Å². The number of aromatic nitrogens is 3. The van der Waals surface area contributed by atoms with Gasteiger partial charge in [-0.15, -0.1) is 5.10 Å². The fraction of sp³-hybridized carbons (Fsp3) is 0.231. The quantitative estimate of drug-likeness (QED) is 0.854. The molecule has 1 heterocycles. The van der Waals surface area contributed by atoms with Crippen LogP contribution in [-0.4, -0.2) is 38.5 Å². The minimum Gasteiger partial charge on any atom is -0.476 e. The zero-order chi connectivity index (χ0) is 15.4. The highest BCUT2D eigenvalue weighted by atomic mass is 19.1. The summed E-state index contributed by atoms with van der Waals surface area (Å²) in [5.41, 5.74) is 0.294. The number of hydrogen-bond donors (Lipinski definition) is 2. The Bertz CT molecular complexity index is 667. The summed E-state index contributed by atoms with van der Waals surface area (Å²) in [6.07, 6.45) is 0. The first-order chi connectivity index (χ1) is 10.0. The first-order valence-electron chi connectivity index (χ1n) is 6.22. The number of amides is 1. The van der Waals surface area contributed by atoms with Gasteiger partial charge in [0, 0.05) is 12.1 Å². The third kappa shape index (κ3) is 3.22. The summed E-state index contributed by atoms with van der Waals surface area (Å²) in [5, 5.41) is 19.0. The first-order valence-corrected chi connectivity index (χ1v) is 6.22. The maximum atomic E-state index is 13.0. The molecule has 0 aliphatic heterocycles. The predicted molar refractivity (Wildman–Crippen MR) is 71.1 cm³/mol. The number of aromatic carboxylic acids is 1. The minimum atomic E-state index is -1.27. The van der Waals surface area contributed by atoms with Crippen molar-refractivity contribution < 1.29 is 19.1 Å². The van der Waals surface area contributed by atoms with Crippen molar-refractivity contribution in [2.75, 3.05) is 6.54 Å². The average Bonchev–Trinajstić information content (AvgIpc) is 2.83. The van der Waals surface area contributed by atoms with E-state index in [0.29, 0.717) is 12.1 Å². The van der Waals surface area contributed by atoms with E-state index in [0.717, 1.165) is 0 Å². The van der Waals surface area contributed by atoms with E-state index in [1.54, 1.807) is 6.92 Å². The van der Waals surface area contributed by atoms with Crippen molar-refractivity contribution in [1.29, 1.82) is 0 Å². The molecule has 2 rings (SSSR count). The molecule has 0 atom stereocenters. The Balaban J connectivity index is 2.45. The molecule has 0 saturated carbocycles. The maximum absolute atomic E-state index is 13.0. The van der Waals surface area contributed by atoms with Crippen molar-refractivity contribution >= 4 is 11.9 Å². The summed E-state index contributed by atoms with van der Waals surface area (Å²) in [7, 11) is 0. The molecule has 0 spiro atoms. The second kappa shape index (κ2) is 6.12. The third-order valence-electron chi connectivity index (χ3n) is 2.72. The normalized spacial score (nSPS) is 10.4. The molecule has 8 heteroatoms. The van der Waals surface area contributed by atoms with Crippen LogP contribution in [0.1, 0.15) is 17.4 Å². The Hall–Kier alpha value is -2.77. The van der Waals surface area contributed by atoms with Crippen LogP contribution < -0.4 is 5.32 Å². The molecule has 0 aliphatic rings. The number of likely N-dealkylation sites (N-methyl/N-ethyl adjacent to an activating group) is 1. The highest BCUT2D eigenvalue weighted by Crippen LogP contribution is 2.22. The standard InChI is InChI=1S/C13H13FN4O3/c1-2-15-10(19)7-18-12(11(13(20)21)16-17-18)8-3-5-9(14)6-4-8/h3-6H,2,7H2,1H3,(H,15,19)(H,20,21). The van der Waals surface area contributed by atoms with Gasteiger partial charge < -0.3 is 10.4 Å². The number of rotatable bonds is 5. The molecule has 2 N–H and O–H groups in total. The van der Waals surface area contributed by atoms with E-state index in [4.69, 9.17) is 5.11 Å². The van der Waals surface area contributed by atoms with Crippen LogP contribution in [0.25, 0.3) is 11.3 Å². The van der Waals surface area contributed by atoms with Gasteiger partial charge in [-0.3, -0.25) is 4.79 Å². The summed E-state index contributed by atoms with van der Waals surface area (Å²) in [6, 6.07) is 5.22. The Morgan fingerprint density at radius 2 is 2.00 bits per heavy atom. The van der Waals surface area contributed by atoms with E-state index in [-0.39, 0.29) is 23.8 Å². The van der Waals surface area contributed by atoms with Crippen LogP contribution in [0.4, 0.5) is 4.39 Å². The van der Waals surface area contributed by atoms with E-state index in [2.05, 4.69) is 15.6 Å². The van der Waals surface area contributed by atoms with Gasteiger partial charge in [-0.2, -0.15) is 0 Å². The van der Waals surface area contributed by atoms with Gasteiger partial charge in [0.25, 0.3) is 0 Å². The molecule has 2 aromatic rings. The minimum absolute atomic E-state index is 0.161. The zero-order valence-electron chi connectivity index (χ0n) is 11.2. The van der Waals surface area contributed by atoms with Gasteiger partial charge in [0.2, 0.25) is 5.91 Å². The number of carboxylic acids is 1. The number of halogens is 1. The average molecular weight is 292 g/mol. The Labute approximate surface area is 119 Å². The second-order valence-electron chi connectivity index (χ2n) is 4.21. The van der Waals surface area contributed by atoms with E-state index in [1.807, 2.05) is 0 Å². The van der Waals surface area contributed by atoms with Crippen molar-refractivity contribution in [3.8, 4) is 11.3 Å². The van der Waals surface area contributed by atoms with E-state index >= 15 is 0 Å². The molecule has 0 saturated heterocycles. The van der Waals surface area contributed by atoms with Crippen LogP contribution in [0.5, 0.6) is 0 Å². The first kappa shape index (κ1) is 14.6. The monoisotopic (exact) mass is 292 g/mol. The molecule has 7 nitrogen and oxygen atoms in total.